The van der Waals surface area contributed by atoms with Crippen LogP contribution >= 0.6 is 0 Å². The zero-order valence-electron chi connectivity index (χ0n) is 10.1. The first kappa shape index (κ1) is 13.1. The lowest BCUT2D eigenvalue weighted by Gasteiger charge is -2.02. The number of methoxy groups -OCH3 is 1. The van der Waals surface area contributed by atoms with Crippen molar-refractivity contribution in [1.29, 1.82) is 0 Å². The number of rotatable bonds is 1. The van der Waals surface area contributed by atoms with E-state index in [0.717, 1.165) is 23.6 Å². The number of carbonyl (C=O) groups excluding carboxylic acids is 1. The molecule has 0 amide bonds. The van der Waals surface area contributed by atoms with Crippen LogP contribution in [0.2, 0.25) is 0 Å². The molecule has 1 N–H and O–H groups in total. The Kier molecular flexibility index (Phi) is 4.60. The lowest BCUT2D eigenvalue weighted by molar-refractivity contribution is 0.0601. The SMILES string of the molecule is CO.COC(=O)c1ccc2ncc(C)cc2c1. The minimum absolute atomic E-state index is 0.321. The van der Waals surface area contributed by atoms with Crippen molar-refractivity contribution in [3.8, 4) is 0 Å². The van der Waals surface area contributed by atoms with E-state index in [1.165, 1.54) is 7.11 Å². The van der Waals surface area contributed by atoms with Gasteiger partial charge in [-0.1, -0.05) is 0 Å². The summed E-state index contributed by atoms with van der Waals surface area (Å²) >= 11 is 0. The van der Waals surface area contributed by atoms with Crippen molar-refractivity contribution in [2.75, 3.05) is 14.2 Å². The summed E-state index contributed by atoms with van der Waals surface area (Å²) in [4.78, 5) is 15.6. The van der Waals surface area contributed by atoms with Gasteiger partial charge in [0.1, 0.15) is 0 Å². The average Bonchev–Trinajstić information content (AvgIpc) is 2.39. The number of ether oxygens (including phenoxy) is 1. The number of fused-ring (bicyclic) bond motifs is 1. The predicted octanol–water partition coefficient (Wildman–Crippen LogP) is 1.94. The van der Waals surface area contributed by atoms with Gasteiger partial charge in [0.25, 0.3) is 0 Å². The minimum atomic E-state index is -0.321. The molecule has 1 heterocycles. The number of aliphatic hydroxyl groups is 1. The monoisotopic (exact) mass is 233 g/mol. The van der Waals surface area contributed by atoms with Gasteiger partial charge in [-0.25, -0.2) is 4.79 Å². The fourth-order valence-electron chi connectivity index (χ4n) is 1.49. The summed E-state index contributed by atoms with van der Waals surface area (Å²) in [5.41, 5.74) is 2.51. The Morgan fingerprint density at radius 2 is 2.00 bits per heavy atom. The van der Waals surface area contributed by atoms with Crippen LogP contribution in [0.15, 0.2) is 30.5 Å². The van der Waals surface area contributed by atoms with Crippen LogP contribution in [0, 0.1) is 6.92 Å². The van der Waals surface area contributed by atoms with Crippen molar-refractivity contribution in [3.63, 3.8) is 0 Å². The summed E-state index contributed by atoms with van der Waals surface area (Å²) in [6.45, 7) is 1.97. The lowest BCUT2D eigenvalue weighted by Crippen LogP contribution is -2.00. The van der Waals surface area contributed by atoms with Crippen molar-refractivity contribution in [2.45, 2.75) is 6.92 Å². The number of aryl methyl sites for hydroxylation is 1. The van der Waals surface area contributed by atoms with Gasteiger partial charge in [0.15, 0.2) is 0 Å². The highest BCUT2D eigenvalue weighted by Gasteiger charge is 2.05. The molecule has 0 aliphatic heterocycles. The molecule has 1 aromatic carbocycles. The number of benzene rings is 1. The van der Waals surface area contributed by atoms with Gasteiger partial charge in [0, 0.05) is 18.7 Å². The van der Waals surface area contributed by atoms with Crippen molar-refractivity contribution in [1.82, 2.24) is 4.98 Å². The van der Waals surface area contributed by atoms with Crippen molar-refractivity contribution < 1.29 is 14.6 Å². The predicted molar refractivity (Wildman–Crippen MR) is 66.0 cm³/mol. The normalized spacial score (nSPS) is 9.41. The smallest absolute Gasteiger partial charge is 0.337 e. The highest BCUT2D eigenvalue weighted by Crippen LogP contribution is 2.15. The average molecular weight is 233 g/mol. The molecule has 0 radical (unpaired) electrons. The molecule has 4 heteroatoms. The Hall–Kier alpha value is -1.94. The third-order valence-corrected chi connectivity index (χ3v) is 2.24. The zero-order chi connectivity index (χ0) is 12.8. The molecule has 2 aromatic rings. The maximum absolute atomic E-state index is 11.3. The van der Waals surface area contributed by atoms with Crippen molar-refractivity contribution >= 4 is 16.9 Å². The molecular weight excluding hydrogens is 218 g/mol. The topological polar surface area (TPSA) is 59.4 Å². The molecule has 0 unspecified atom stereocenters. The molecule has 2 rings (SSSR count). The first-order valence-electron chi connectivity index (χ1n) is 5.10. The molecule has 0 aliphatic carbocycles. The van der Waals surface area contributed by atoms with Gasteiger partial charge >= 0.3 is 5.97 Å². The van der Waals surface area contributed by atoms with Crippen LogP contribution < -0.4 is 0 Å². The van der Waals surface area contributed by atoms with E-state index in [-0.39, 0.29) is 5.97 Å². The molecule has 0 atom stereocenters. The summed E-state index contributed by atoms with van der Waals surface area (Å²) in [5, 5.41) is 7.96. The fraction of sp³-hybridized carbons (Fsp3) is 0.231. The quantitative estimate of drug-likeness (QED) is 0.765. The summed E-state index contributed by atoms with van der Waals surface area (Å²) in [6, 6.07) is 7.33. The van der Waals surface area contributed by atoms with Gasteiger partial charge in [-0.05, 0) is 36.8 Å². The van der Waals surface area contributed by atoms with E-state index < -0.39 is 0 Å². The van der Waals surface area contributed by atoms with E-state index in [1.54, 1.807) is 18.3 Å². The van der Waals surface area contributed by atoms with Gasteiger partial charge in [0.05, 0.1) is 18.2 Å². The maximum atomic E-state index is 11.3. The van der Waals surface area contributed by atoms with Gasteiger partial charge < -0.3 is 9.84 Å². The van der Waals surface area contributed by atoms with E-state index >= 15 is 0 Å². The summed E-state index contributed by atoms with van der Waals surface area (Å²) < 4.78 is 4.66. The van der Waals surface area contributed by atoms with E-state index in [2.05, 4.69) is 9.72 Å². The fourth-order valence-corrected chi connectivity index (χ4v) is 1.49. The lowest BCUT2D eigenvalue weighted by atomic mass is 10.1. The second kappa shape index (κ2) is 5.96. The van der Waals surface area contributed by atoms with E-state index in [1.807, 2.05) is 19.1 Å². The third-order valence-electron chi connectivity index (χ3n) is 2.24. The second-order valence-electron chi connectivity index (χ2n) is 3.41. The van der Waals surface area contributed by atoms with Gasteiger partial charge in [-0.2, -0.15) is 0 Å². The van der Waals surface area contributed by atoms with Crippen LogP contribution in [0.4, 0.5) is 0 Å². The molecule has 0 spiro atoms. The van der Waals surface area contributed by atoms with Crippen LogP contribution in [0.25, 0.3) is 10.9 Å². The number of esters is 1. The number of carbonyl (C=O) groups is 1. The van der Waals surface area contributed by atoms with Gasteiger partial charge in [-0.15, -0.1) is 0 Å². The van der Waals surface area contributed by atoms with Crippen LogP contribution in [0.3, 0.4) is 0 Å². The number of pyridine rings is 1. The van der Waals surface area contributed by atoms with Gasteiger partial charge in [-0.3, -0.25) is 4.98 Å². The molecule has 0 aliphatic rings. The maximum Gasteiger partial charge on any atom is 0.337 e. The molecule has 0 saturated heterocycles. The number of hydrogen-bond donors (Lipinski definition) is 1. The summed E-state index contributed by atoms with van der Waals surface area (Å²) in [7, 11) is 2.38. The Balaban J connectivity index is 0.000000686. The van der Waals surface area contributed by atoms with E-state index in [4.69, 9.17) is 5.11 Å². The molecule has 0 saturated carbocycles. The molecule has 0 fully saturated rings. The zero-order valence-corrected chi connectivity index (χ0v) is 10.1. The number of aromatic nitrogens is 1. The van der Waals surface area contributed by atoms with Crippen molar-refractivity contribution in [2.24, 2.45) is 0 Å². The Bertz CT molecular complexity index is 523. The number of nitrogens with zero attached hydrogens (tertiary/aromatic N) is 1. The molecule has 90 valence electrons. The Morgan fingerprint density at radius 3 is 2.65 bits per heavy atom. The molecular formula is C13H15NO3. The van der Waals surface area contributed by atoms with Gasteiger partial charge in [0.2, 0.25) is 0 Å². The first-order valence-corrected chi connectivity index (χ1v) is 5.10. The van der Waals surface area contributed by atoms with E-state index in [0.29, 0.717) is 5.56 Å². The molecule has 0 bridgehead atoms. The number of hydrogen-bond acceptors (Lipinski definition) is 4. The number of aliphatic hydroxyl groups excluding tert-OH is 1. The van der Waals surface area contributed by atoms with Crippen molar-refractivity contribution in [3.05, 3.63) is 41.6 Å². The highest BCUT2D eigenvalue weighted by molar-refractivity contribution is 5.94. The van der Waals surface area contributed by atoms with Crippen LogP contribution in [0.1, 0.15) is 15.9 Å². The first-order chi connectivity index (χ1) is 8.20. The van der Waals surface area contributed by atoms with Crippen LogP contribution in [-0.2, 0) is 4.74 Å². The Morgan fingerprint density at radius 1 is 1.29 bits per heavy atom. The van der Waals surface area contributed by atoms with Crippen LogP contribution in [-0.4, -0.2) is 30.3 Å². The molecule has 17 heavy (non-hydrogen) atoms. The highest BCUT2D eigenvalue weighted by atomic mass is 16.5. The standard InChI is InChI=1S/C12H11NO2.CH4O/c1-8-5-10-6-9(12(14)15-2)3-4-11(10)13-7-8;1-2/h3-7H,1-2H3;2H,1H3. The minimum Gasteiger partial charge on any atom is -0.465 e. The third kappa shape index (κ3) is 3.01. The van der Waals surface area contributed by atoms with E-state index in [9.17, 15) is 4.79 Å². The van der Waals surface area contributed by atoms with Crippen LogP contribution in [0.5, 0.6) is 0 Å². The largest absolute Gasteiger partial charge is 0.465 e. The second-order valence-corrected chi connectivity index (χ2v) is 3.41. The summed E-state index contributed by atoms with van der Waals surface area (Å²) in [5.74, 6) is -0.321. The molecule has 4 nitrogen and oxygen atoms in total. The summed E-state index contributed by atoms with van der Waals surface area (Å²) in [6.07, 6.45) is 1.81. The molecule has 1 aromatic heterocycles. The Labute approximate surface area is 99.9 Å².